The molecule has 3 aromatic carbocycles. The molecule has 0 aromatic heterocycles. The first-order valence-corrected chi connectivity index (χ1v) is 11.0. The van der Waals surface area contributed by atoms with Crippen molar-refractivity contribution in [3.05, 3.63) is 94.0 Å². The molecule has 32 heavy (non-hydrogen) atoms. The lowest BCUT2D eigenvalue weighted by Crippen LogP contribution is -2.41. The van der Waals surface area contributed by atoms with E-state index in [0.29, 0.717) is 18.6 Å². The van der Waals surface area contributed by atoms with Gasteiger partial charge in [0.15, 0.2) is 0 Å². The number of phenolic OH excluding ortho intramolecular Hbond substituents is 1. The highest BCUT2D eigenvalue weighted by atomic mass is 79.9. The topological polar surface area (TPSA) is 95.0 Å². The Morgan fingerprint density at radius 1 is 1.12 bits per heavy atom. The predicted molar refractivity (Wildman–Crippen MR) is 126 cm³/mol. The third-order valence-electron chi connectivity index (χ3n) is 5.10. The average Bonchev–Trinajstić information content (AvgIpc) is 3.31. The number of hydrazone groups is 1. The third kappa shape index (κ3) is 5.73. The molecule has 0 radical (unpaired) electrons. The molecule has 1 amide bonds. The van der Waals surface area contributed by atoms with Gasteiger partial charge in [0.25, 0.3) is 5.91 Å². The molecule has 1 saturated heterocycles. The number of halogens is 1. The Kier molecular flexibility index (Phi) is 7.16. The smallest absolute Gasteiger partial charge is 0.258 e. The maximum Gasteiger partial charge on any atom is 0.258 e. The number of nitrogens with one attached hydrogen (secondary N) is 3. The van der Waals surface area contributed by atoms with E-state index in [4.69, 9.17) is 4.74 Å². The van der Waals surface area contributed by atoms with Crippen molar-refractivity contribution in [3.63, 3.8) is 0 Å². The molecule has 8 heteroatoms. The summed E-state index contributed by atoms with van der Waals surface area (Å²) in [6.07, 6.45) is 1.97. The molecule has 4 N–H and O–H groups in total. The Hall–Kier alpha value is -3.20. The lowest BCUT2D eigenvalue weighted by molar-refractivity contribution is -0.122. The van der Waals surface area contributed by atoms with E-state index in [2.05, 4.69) is 37.3 Å². The fourth-order valence-electron chi connectivity index (χ4n) is 3.38. The first-order chi connectivity index (χ1) is 15.6. The molecule has 1 fully saturated rings. The van der Waals surface area contributed by atoms with Gasteiger partial charge in [-0.25, -0.2) is 16.3 Å². The summed E-state index contributed by atoms with van der Waals surface area (Å²) in [7, 11) is 0. The standard InChI is InChI=1S/C24H23BrN4O3/c25-19-9-10-23(30)18(11-19)14-26-29-24(31)22-13-21(27-28-22)17-7-4-8-20(12-17)32-15-16-5-2-1-3-6-16/h1-12,14,21-22,27-28,30H,13,15H2,(H,29,31)/b26-14+. The zero-order valence-corrected chi connectivity index (χ0v) is 18.7. The molecule has 4 rings (SSSR count). The minimum Gasteiger partial charge on any atom is -0.507 e. The summed E-state index contributed by atoms with van der Waals surface area (Å²) in [5, 5.41) is 13.8. The third-order valence-corrected chi connectivity index (χ3v) is 5.59. The zero-order chi connectivity index (χ0) is 22.3. The second-order valence-corrected chi connectivity index (χ2v) is 8.33. The molecule has 0 aliphatic carbocycles. The Labute approximate surface area is 194 Å². The molecule has 0 bridgehead atoms. The van der Waals surface area contributed by atoms with Crippen LogP contribution in [0.2, 0.25) is 0 Å². The molecule has 1 heterocycles. The van der Waals surface area contributed by atoms with E-state index >= 15 is 0 Å². The van der Waals surface area contributed by atoms with Crippen molar-refractivity contribution in [2.45, 2.75) is 25.1 Å². The number of ether oxygens (including phenoxy) is 1. The van der Waals surface area contributed by atoms with Crippen molar-refractivity contribution < 1.29 is 14.6 Å². The van der Waals surface area contributed by atoms with Crippen molar-refractivity contribution in [1.82, 2.24) is 16.3 Å². The number of benzene rings is 3. The van der Waals surface area contributed by atoms with Gasteiger partial charge in [-0.3, -0.25) is 4.79 Å². The minimum absolute atomic E-state index is 0.0378. The number of amides is 1. The van der Waals surface area contributed by atoms with Crippen LogP contribution in [-0.4, -0.2) is 23.3 Å². The number of aromatic hydroxyl groups is 1. The maximum absolute atomic E-state index is 12.5. The fraction of sp³-hybridized carbons (Fsp3) is 0.167. The van der Waals surface area contributed by atoms with Crippen molar-refractivity contribution in [2.75, 3.05) is 0 Å². The molecule has 0 saturated carbocycles. The number of carbonyl (C=O) groups is 1. The highest BCUT2D eigenvalue weighted by molar-refractivity contribution is 9.10. The molecule has 0 spiro atoms. The van der Waals surface area contributed by atoms with Crippen LogP contribution in [0.3, 0.4) is 0 Å². The van der Waals surface area contributed by atoms with Gasteiger partial charge in [0.1, 0.15) is 24.1 Å². The van der Waals surface area contributed by atoms with Gasteiger partial charge < -0.3 is 9.84 Å². The maximum atomic E-state index is 12.5. The molecule has 1 aliphatic heterocycles. The van der Waals surface area contributed by atoms with Crippen LogP contribution in [0.4, 0.5) is 0 Å². The predicted octanol–water partition coefficient (Wildman–Crippen LogP) is 3.79. The molecular formula is C24H23BrN4O3. The number of hydrazine groups is 1. The highest BCUT2D eigenvalue weighted by Crippen LogP contribution is 2.26. The summed E-state index contributed by atoms with van der Waals surface area (Å²) in [6.45, 7) is 0.497. The van der Waals surface area contributed by atoms with E-state index in [1.807, 2.05) is 54.6 Å². The van der Waals surface area contributed by atoms with Gasteiger partial charge in [0.05, 0.1) is 6.21 Å². The van der Waals surface area contributed by atoms with Gasteiger partial charge in [-0.05, 0) is 47.9 Å². The van der Waals surface area contributed by atoms with Crippen LogP contribution < -0.4 is 21.0 Å². The van der Waals surface area contributed by atoms with Crippen LogP contribution in [0, 0.1) is 0 Å². The lowest BCUT2D eigenvalue weighted by atomic mass is 10.0. The lowest BCUT2D eigenvalue weighted by Gasteiger charge is -2.12. The molecule has 164 valence electrons. The molecule has 2 atom stereocenters. The summed E-state index contributed by atoms with van der Waals surface area (Å²) in [4.78, 5) is 12.5. The van der Waals surface area contributed by atoms with E-state index < -0.39 is 6.04 Å². The normalized spacial score (nSPS) is 18.0. The first-order valence-electron chi connectivity index (χ1n) is 10.2. The van der Waals surface area contributed by atoms with Gasteiger partial charge in [-0.15, -0.1) is 0 Å². The number of hydrogen-bond acceptors (Lipinski definition) is 6. The Morgan fingerprint density at radius 2 is 1.97 bits per heavy atom. The van der Waals surface area contributed by atoms with E-state index in [9.17, 15) is 9.90 Å². The van der Waals surface area contributed by atoms with Crippen LogP contribution in [0.5, 0.6) is 11.5 Å². The van der Waals surface area contributed by atoms with E-state index in [0.717, 1.165) is 21.3 Å². The van der Waals surface area contributed by atoms with Gasteiger partial charge >= 0.3 is 0 Å². The fourth-order valence-corrected chi connectivity index (χ4v) is 3.76. The van der Waals surface area contributed by atoms with Gasteiger partial charge in [-0.2, -0.15) is 5.10 Å². The van der Waals surface area contributed by atoms with Gasteiger partial charge in [0.2, 0.25) is 0 Å². The average molecular weight is 495 g/mol. The number of hydrogen-bond donors (Lipinski definition) is 4. The van der Waals surface area contributed by atoms with E-state index in [1.54, 1.807) is 18.2 Å². The Balaban J connectivity index is 1.31. The summed E-state index contributed by atoms with van der Waals surface area (Å²) < 4.78 is 6.72. The quantitative estimate of drug-likeness (QED) is 0.296. The largest absolute Gasteiger partial charge is 0.507 e. The second-order valence-electron chi connectivity index (χ2n) is 7.41. The van der Waals surface area contributed by atoms with Crippen LogP contribution in [0.25, 0.3) is 0 Å². The first kappa shape index (κ1) is 22.0. The minimum atomic E-state index is -0.442. The monoisotopic (exact) mass is 494 g/mol. The molecular weight excluding hydrogens is 472 g/mol. The van der Waals surface area contributed by atoms with Crippen molar-refractivity contribution >= 4 is 28.1 Å². The van der Waals surface area contributed by atoms with Gasteiger partial charge in [0, 0.05) is 16.1 Å². The van der Waals surface area contributed by atoms with Crippen LogP contribution in [-0.2, 0) is 11.4 Å². The summed E-state index contributed by atoms with van der Waals surface area (Å²) in [5.74, 6) is 0.600. The molecule has 7 nitrogen and oxygen atoms in total. The Bertz CT molecular complexity index is 1110. The van der Waals surface area contributed by atoms with Crippen molar-refractivity contribution in [3.8, 4) is 11.5 Å². The van der Waals surface area contributed by atoms with Crippen molar-refractivity contribution in [2.24, 2.45) is 5.10 Å². The molecule has 2 unspecified atom stereocenters. The number of nitrogens with zero attached hydrogens (tertiary/aromatic N) is 1. The number of carbonyl (C=O) groups excluding carboxylic acids is 1. The van der Waals surface area contributed by atoms with Crippen molar-refractivity contribution in [1.29, 1.82) is 0 Å². The number of phenols is 1. The summed E-state index contributed by atoms with van der Waals surface area (Å²) in [6, 6.07) is 22.4. The van der Waals surface area contributed by atoms with Crippen LogP contribution >= 0.6 is 15.9 Å². The Morgan fingerprint density at radius 3 is 2.81 bits per heavy atom. The summed E-state index contributed by atoms with van der Waals surface area (Å²) in [5.41, 5.74) is 11.3. The van der Waals surface area contributed by atoms with E-state index in [1.165, 1.54) is 6.21 Å². The SMILES string of the molecule is O=C(N/N=C/c1cc(Br)ccc1O)C1CC(c2cccc(OCc3ccccc3)c2)NN1. The molecule has 1 aliphatic rings. The van der Waals surface area contributed by atoms with Crippen LogP contribution in [0.1, 0.15) is 29.2 Å². The number of rotatable bonds is 7. The second kappa shape index (κ2) is 10.4. The highest BCUT2D eigenvalue weighted by Gasteiger charge is 2.30. The molecule has 3 aromatic rings. The van der Waals surface area contributed by atoms with E-state index in [-0.39, 0.29) is 17.7 Å². The summed E-state index contributed by atoms with van der Waals surface area (Å²) >= 11 is 3.34. The zero-order valence-electron chi connectivity index (χ0n) is 17.2. The van der Waals surface area contributed by atoms with Crippen LogP contribution in [0.15, 0.2) is 82.4 Å². The van der Waals surface area contributed by atoms with Gasteiger partial charge in [-0.1, -0.05) is 58.4 Å².